The molecule has 4 rings (SSSR count). The Balaban J connectivity index is 1.54. The largest absolute Gasteiger partial charge is 0.495 e. The lowest BCUT2D eigenvalue weighted by molar-refractivity contribution is -0.119. The summed E-state index contributed by atoms with van der Waals surface area (Å²) in [5.41, 5.74) is 1.18. The first kappa shape index (κ1) is 23.8. The van der Waals surface area contributed by atoms with Crippen LogP contribution in [0.1, 0.15) is 28.1 Å². The van der Waals surface area contributed by atoms with Crippen LogP contribution in [0.5, 0.6) is 5.75 Å². The molecule has 1 aromatic heterocycles. The van der Waals surface area contributed by atoms with Gasteiger partial charge in [0.2, 0.25) is 5.91 Å². The number of benzene rings is 2. The molecule has 1 saturated heterocycles. The molecule has 0 unspecified atom stereocenters. The zero-order chi connectivity index (χ0) is 24.3. The fourth-order valence-electron chi connectivity index (χ4n) is 3.95. The molecule has 1 atom stereocenters. The zero-order valence-corrected chi connectivity index (χ0v) is 20.4. The molecule has 3 aromatic rings. The van der Waals surface area contributed by atoms with Crippen molar-refractivity contribution in [2.45, 2.75) is 30.7 Å². The number of rotatable bonds is 7. The van der Waals surface area contributed by atoms with Crippen LogP contribution < -0.4 is 14.8 Å². The van der Waals surface area contributed by atoms with Crippen LogP contribution in [0.15, 0.2) is 64.9 Å². The predicted molar refractivity (Wildman–Crippen MR) is 132 cm³/mol. The number of aryl methyl sites for hydroxylation is 1. The first-order valence-electron chi connectivity index (χ1n) is 10.7. The number of thiophene rings is 1. The molecule has 8 nitrogen and oxygen atoms in total. The molecule has 0 spiro atoms. The van der Waals surface area contributed by atoms with Gasteiger partial charge in [0, 0.05) is 12.2 Å². The first-order valence-corrected chi connectivity index (χ1v) is 13.1. The summed E-state index contributed by atoms with van der Waals surface area (Å²) in [6.45, 7) is 2.19. The Hall–Kier alpha value is -3.37. The number of amides is 2. The van der Waals surface area contributed by atoms with E-state index in [2.05, 4.69) is 10.0 Å². The maximum absolute atomic E-state index is 13.1. The van der Waals surface area contributed by atoms with E-state index in [1.54, 1.807) is 60.4 Å². The molecule has 1 aliphatic heterocycles. The van der Waals surface area contributed by atoms with Crippen molar-refractivity contribution in [3.63, 3.8) is 0 Å². The quantitative estimate of drug-likeness (QED) is 0.509. The van der Waals surface area contributed by atoms with E-state index in [0.29, 0.717) is 40.5 Å². The van der Waals surface area contributed by atoms with Crippen LogP contribution in [-0.2, 0) is 14.8 Å². The molecule has 178 valence electrons. The minimum Gasteiger partial charge on any atom is -0.495 e. The maximum Gasteiger partial charge on any atom is 0.264 e. The second-order valence-corrected chi connectivity index (χ2v) is 10.5. The molecule has 34 heavy (non-hydrogen) atoms. The van der Waals surface area contributed by atoms with Crippen LogP contribution in [-0.4, -0.2) is 44.8 Å². The molecular formula is C24H25N3O5S2. The summed E-state index contributed by atoms with van der Waals surface area (Å²) < 4.78 is 34.0. The van der Waals surface area contributed by atoms with Gasteiger partial charge >= 0.3 is 0 Å². The van der Waals surface area contributed by atoms with Crippen LogP contribution in [0.2, 0.25) is 0 Å². The van der Waals surface area contributed by atoms with E-state index in [1.165, 1.54) is 24.5 Å². The number of para-hydroxylation sites is 2. The summed E-state index contributed by atoms with van der Waals surface area (Å²) in [7, 11) is -2.49. The Bertz CT molecular complexity index is 1310. The second kappa shape index (κ2) is 9.86. The van der Waals surface area contributed by atoms with Crippen LogP contribution in [0.25, 0.3) is 0 Å². The van der Waals surface area contributed by atoms with E-state index >= 15 is 0 Å². The molecule has 0 aliphatic carbocycles. The van der Waals surface area contributed by atoms with Crippen molar-refractivity contribution in [1.82, 2.24) is 4.90 Å². The Morgan fingerprint density at radius 1 is 1.12 bits per heavy atom. The molecule has 2 aromatic carbocycles. The number of hydrogen-bond acceptors (Lipinski definition) is 6. The van der Waals surface area contributed by atoms with E-state index in [1.807, 2.05) is 5.38 Å². The fraction of sp³-hybridized carbons (Fsp3) is 0.250. The van der Waals surface area contributed by atoms with Gasteiger partial charge < -0.3 is 15.0 Å². The van der Waals surface area contributed by atoms with E-state index in [9.17, 15) is 18.0 Å². The number of methoxy groups -OCH3 is 1. The van der Waals surface area contributed by atoms with Crippen LogP contribution in [0.4, 0.5) is 11.4 Å². The fourth-order valence-corrected chi connectivity index (χ4v) is 5.97. The van der Waals surface area contributed by atoms with Gasteiger partial charge in [-0.15, -0.1) is 11.3 Å². The van der Waals surface area contributed by atoms with Gasteiger partial charge in [-0.2, -0.15) is 0 Å². The molecule has 2 amide bonds. The third kappa shape index (κ3) is 4.92. The Kier molecular flexibility index (Phi) is 6.90. The van der Waals surface area contributed by atoms with Gasteiger partial charge in [-0.05, 0) is 61.0 Å². The molecule has 0 radical (unpaired) electrons. The predicted octanol–water partition coefficient (Wildman–Crippen LogP) is 4.11. The highest BCUT2D eigenvalue weighted by molar-refractivity contribution is 7.92. The first-order chi connectivity index (χ1) is 16.3. The van der Waals surface area contributed by atoms with Crippen molar-refractivity contribution >= 4 is 44.5 Å². The topological polar surface area (TPSA) is 105 Å². The van der Waals surface area contributed by atoms with Crippen molar-refractivity contribution in [2.75, 3.05) is 23.7 Å². The average Bonchev–Trinajstić information content (AvgIpc) is 3.52. The third-order valence-electron chi connectivity index (χ3n) is 5.64. The van der Waals surface area contributed by atoms with Crippen molar-refractivity contribution in [2.24, 2.45) is 0 Å². The van der Waals surface area contributed by atoms with Crippen LogP contribution in [0.3, 0.4) is 0 Å². The number of nitrogens with one attached hydrogen (secondary N) is 2. The number of likely N-dealkylation sites (tertiary alicyclic amines) is 1. The lowest BCUT2D eigenvalue weighted by atomic mass is 10.2. The standard InChI is InChI=1S/C24H25N3O5S2/c1-16-11-12-17(15-22(16)34(30,31)26-18-7-3-4-9-20(18)32-2)25-23(28)19-8-5-13-27(19)24(29)21-10-6-14-33-21/h3-4,6-7,9-12,14-15,19,26H,5,8,13H2,1-2H3,(H,25,28)/t19-/m0/s1. The SMILES string of the molecule is COc1ccccc1NS(=O)(=O)c1cc(NC(=O)[C@@H]2CCCN2C(=O)c2cccs2)ccc1C. The Labute approximate surface area is 202 Å². The van der Waals surface area contributed by atoms with Gasteiger partial charge in [-0.3, -0.25) is 14.3 Å². The summed E-state index contributed by atoms with van der Waals surface area (Å²) >= 11 is 1.34. The van der Waals surface area contributed by atoms with E-state index in [-0.39, 0.29) is 16.7 Å². The normalized spacial score (nSPS) is 15.7. The van der Waals surface area contributed by atoms with Crippen molar-refractivity contribution in [3.8, 4) is 5.75 Å². The van der Waals surface area contributed by atoms with Gasteiger partial charge in [0.1, 0.15) is 11.8 Å². The molecule has 2 heterocycles. The van der Waals surface area contributed by atoms with Gasteiger partial charge in [0.05, 0.1) is 22.6 Å². The van der Waals surface area contributed by atoms with E-state index < -0.39 is 16.1 Å². The van der Waals surface area contributed by atoms with Gasteiger partial charge in [-0.1, -0.05) is 24.3 Å². The van der Waals surface area contributed by atoms with Crippen LogP contribution >= 0.6 is 11.3 Å². The average molecular weight is 500 g/mol. The van der Waals surface area contributed by atoms with Gasteiger partial charge in [0.15, 0.2) is 0 Å². The smallest absolute Gasteiger partial charge is 0.264 e. The number of nitrogens with zero attached hydrogens (tertiary/aromatic N) is 1. The number of carbonyl (C=O) groups is 2. The monoisotopic (exact) mass is 499 g/mol. The van der Waals surface area contributed by atoms with Crippen molar-refractivity contribution < 1.29 is 22.7 Å². The highest BCUT2D eigenvalue weighted by atomic mass is 32.2. The van der Waals surface area contributed by atoms with E-state index in [0.717, 1.165) is 6.42 Å². The highest BCUT2D eigenvalue weighted by Crippen LogP contribution is 2.29. The molecule has 0 bridgehead atoms. The summed E-state index contributed by atoms with van der Waals surface area (Å²) in [5, 5.41) is 4.62. The Morgan fingerprint density at radius 3 is 2.65 bits per heavy atom. The lowest BCUT2D eigenvalue weighted by Crippen LogP contribution is -2.43. The number of sulfonamides is 1. The molecule has 0 saturated carbocycles. The number of hydrogen-bond donors (Lipinski definition) is 2. The number of ether oxygens (including phenoxy) is 1. The van der Waals surface area contributed by atoms with Crippen LogP contribution in [0, 0.1) is 6.92 Å². The summed E-state index contributed by atoms with van der Waals surface area (Å²) in [6.07, 6.45) is 1.28. The Morgan fingerprint density at radius 2 is 1.91 bits per heavy atom. The molecular weight excluding hydrogens is 474 g/mol. The van der Waals surface area contributed by atoms with Crippen molar-refractivity contribution in [1.29, 1.82) is 0 Å². The third-order valence-corrected chi connectivity index (χ3v) is 8.01. The molecule has 10 heteroatoms. The second-order valence-electron chi connectivity index (χ2n) is 7.91. The maximum atomic E-state index is 13.1. The zero-order valence-electron chi connectivity index (χ0n) is 18.8. The number of anilines is 2. The molecule has 1 fully saturated rings. The lowest BCUT2D eigenvalue weighted by Gasteiger charge is -2.23. The summed E-state index contributed by atoms with van der Waals surface area (Å²) in [6, 6.07) is 14.4. The van der Waals surface area contributed by atoms with Gasteiger partial charge in [0.25, 0.3) is 15.9 Å². The number of carbonyl (C=O) groups excluding carboxylic acids is 2. The minimum atomic E-state index is -3.95. The highest BCUT2D eigenvalue weighted by Gasteiger charge is 2.35. The van der Waals surface area contributed by atoms with E-state index in [4.69, 9.17) is 4.74 Å². The summed E-state index contributed by atoms with van der Waals surface area (Å²) in [5.74, 6) is -0.113. The minimum absolute atomic E-state index is 0.0362. The summed E-state index contributed by atoms with van der Waals surface area (Å²) in [4.78, 5) is 28.0. The molecule has 1 aliphatic rings. The van der Waals surface area contributed by atoms with Crippen molar-refractivity contribution in [3.05, 3.63) is 70.4 Å². The molecule has 2 N–H and O–H groups in total. The van der Waals surface area contributed by atoms with Gasteiger partial charge in [-0.25, -0.2) is 8.42 Å².